The highest BCUT2D eigenvalue weighted by Gasteiger charge is 2.12. The van der Waals surface area contributed by atoms with E-state index < -0.39 is 11.6 Å². The maximum Gasteiger partial charge on any atom is 0.147 e. The van der Waals surface area contributed by atoms with Crippen molar-refractivity contribution >= 4 is 53.5 Å². The molecule has 112 valence electrons. The van der Waals surface area contributed by atoms with Crippen molar-refractivity contribution in [3.05, 3.63) is 54.9 Å². The first-order chi connectivity index (χ1) is 9.92. The second-order valence-corrected chi connectivity index (χ2v) is 6.80. The lowest BCUT2D eigenvalue weighted by atomic mass is 10.2. The number of nitrogens with one attached hydrogen (secondary N) is 1. The molecule has 2 aromatic carbocycles. The van der Waals surface area contributed by atoms with E-state index in [4.69, 9.17) is 4.74 Å². The fraction of sp³-hybridized carbons (Fsp3) is 0.143. The first-order valence-corrected chi connectivity index (χ1v) is 8.20. The van der Waals surface area contributed by atoms with Crippen LogP contribution in [0, 0.1) is 11.6 Å². The van der Waals surface area contributed by atoms with Gasteiger partial charge in [-0.2, -0.15) is 0 Å². The van der Waals surface area contributed by atoms with E-state index in [-0.39, 0.29) is 10.2 Å². The Morgan fingerprint density at radius 3 is 2.38 bits per heavy atom. The molecule has 0 bridgehead atoms. The van der Waals surface area contributed by atoms with Gasteiger partial charge in [0.25, 0.3) is 0 Å². The third-order valence-corrected chi connectivity index (χ3v) is 4.42. The lowest BCUT2D eigenvalue weighted by Crippen LogP contribution is -2.04. The Morgan fingerprint density at radius 1 is 1.00 bits per heavy atom. The van der Waals surface area contributed by atoms with Crippen molar-refractivity contribution in [1.82, 2.24) is 0 Å². The summed E-state index contributed by atoms with van der Waals surface area (Å²) in [5.41, 5.74) is 0.898. The van der Waals surface area contributed by atoms with Gasteiger partial charge >= 0.3 is 0 Å². The van der Waals surface area contributed by atoms with Crippen LogP contribution in [0.3, 0.4) is 0 Å². The van der Waals surface area contributed by atoms with Crippen LogP contribution >= 0.6 is 47.8 Å². The number of benzene rings is 2. The van der Waals surface area contributed by atoms with Crippen molar-refractivity contribution < 1.29 is 13.5 Å². The SMILES string of the molecule is COc1c(Br)cc(Br)cc1CNc1cc(F)c(Br)cc1F. The second kappa shape index (κ2) is 7.07. The van der Waals surface area contributed by atoms with Crippen LogP contribution in [-0.4, -0.2) is 7.11 Å². The van der Waals surface area contributed by atoms with Crippen molar-refractivity contribution in [2.75, 3.05) is 12.4 Å². The summed E-state index contributed by atoms with van der Waals surface area (Å²) in [6.45, 7) is 0.291. The first-order valence-electron chi connectivity index (χ1n) is 5.82. The van der Waals surface area contributed by atoms with Gasteiger partial charge in [-0.05, 0) is 50.1 Å². The monoisotopic (exact) mass is 483 g/mol. The number of halogens is 5. The molecule has 0 aliphatic rings. The van der Waals surface area contributed by atoms with E-state index in [1.807, 2.05) is 12.1 Å². The number of rotatable bonds is 4. The predicted octanol–water partition coefficient (Wildman–Crippen LogP) is 5.87. The molecular formula is C14H10Br3F2NO. The smallest absolute Gasteiger partial charge is 0.147 e. The van der Waals surface area contributed by atoms with Crippen LogP contribution in [0.1, 0.15) is 5.56 Å². The van der Waals surface area contributed by atoms with Crippen LogP contribution in [0.2, 0.25) is 0 Å². The molecule has 0 aliphatic heterocycles. The molecule has 0 atom stereocenters. The average Bonchev–Trinajstić information content (AvgIpc) is 2.41. The van der Waals surface area contributed by atoms with Gasteiger partial charge in [0.05, 0.1) is 21.7 Å². The molecule has 0 saturated heterocycles. The highest BCUT2D eigenvalue weighted by atomic mass is 79.9. The van der Waals surface area contributed by atoms with Crippen molar-refractivity contribution in [3.63, 3.8) is 0 Å². The summed E-state index contributed by atoms with van der Waals surface area (Å²) >= 11 is 9.72. The summed E-state index contributed by atoms with van der Waals surface area (Å²) in [4.78, 5) is 0. The van der Waals surface area contributed by atoms with Gasteiger partial charge in [0.15, 0.2) is 0 Å². The molecule has 7 heteroatoms. The molecule has 2 nitrogen and oxygen atoms in total. The van der Waals surface area contributed by atoms with E-state index in [2.05, 4.69) is 53.1 Å². The highest BCUT2D eigenvalue weighted by Crippen LogP contribution is 2.33. The molecule has 0 aliphatic carbocycles. The van der Waals surface area contributed by atoms with Gasteiger partial charge in [0.1, 0.15) is 17.4 Å². The fourth-order valence-electron chi connectivity index (χ4n) is 1.82. The van der Waals surface area contributed by atoms with Crippen LogP contribution in [0.25, 0.3) is 0 Å². The van der Waals surface area contributed by atoms with Gasteiger partial charge in [-0.15, -0.1) is 0 Å². The maximum atomic E-state index is 13.8. The number of ether oxygens (including phenoxy) is 1. The van der Waals surface area contributed by atoms with Crippen molar-refractivity contribution in [2.24, 2.45) is 0 Å². The molecule has 0 fully saturated rings. The van der Waals surface area contributed by atoms with Gasteiger partial charge < -0.3 is 10.1 Å². The molecule has 2 aromatic rings. The normalized spacial score (nSPS) is 10.6. The molecule has 0 heterocycles. The van der Waals surface area contributed by atoms with E-state index in [1.54, 1.807) is 7.11 Å². The van der Waals surface area contributed by atoms with Gasteiger partial charge in [-0.3, -0.25) is 0 Å². The van der Waals surface area contributed by atoms with E-state index in [1.165, 1.54) is 0 Å². The first kappa shape index (κ1) is 16.7. The third kappa shape index (κ3) is 3.96. The Bertz CT molecular complexity index is 680. The molecular weight excluding hydrogens is 476 g/mol. The highest BCUT2D eigenvalue weighted by molar-refractivity contribution is 9.11. The number of anilines is 1. The summed E-state index contributed by atoms with van der Waals surface area (Å²) < 4.78 is 34.3. The Hall–Kier alpha value is -0.660. The molecule has 0 radical (unpaired) electrons. The Morgan fingerprint density at radius 2 is 1.71 bits per heavy atom. The van der Waals surface area contributed by atoms with Crippen molar-refractivity contribution in [2.45, 2.75) is 6.54 Å². The minimum absolute atomic E-state index is 0.0910. The van der Waals surface area contributed by atoms with Crippen LogP contribution in [0.4, 0.5) is 14.5 Å². The zero-order chi connectivity index (χ0) is 15.6. The number of hydrogen-bond acceptors (Lipinski definition) is 2. The van der Waals surface area contributed by atoms with Gasteiger partial charge in [-0.25, -0.2) is 8.78 Å². The zero-order valence-electron chi connectivity index (χ0n) is 10.8. The second-order valence-electron chi connectivity index (χ2n) is 4.18. The van der Waals surface area contributed by atoms with E-state index >= 15 is 0 Å². The minimum Gasteiger partial charge on any atom is -0.495 e. The quantitative estimate of drug-likeness (QED) is 0.547. The standard InChI is InChI=1S/C14H10Br3F2NO/c1-21-14-7(2-8(15)3-10(14)17)6-20-13-5-11(18)9(16)4-12(13)19/h2-5,20H,6H2,1H3. The van der Waals surface area contributed by atoms with Crippen LogP contribution < -0.4 is 10.1 Å². The molecule has 0 spiro atoms. The summed E-state index contributed by atoms with van der Waals surface area (Å²) in [6, 6.07) is 5.90. The van der Waals surface area contributed by atoms with Gasteiger partial charge in [-0.1, -0.05) is 15.9 Å². The van der Waals surface area contributed by atoms with E-state index in [0.29, 0.717) is 12.3 Å². The Kier molecular flexibility index (Phi) is 5.62. The molecule has 2 rings (SSSR count). The van der Waals surface area contributed by atoms with Crippen molar-refractivity contribution in [1.29, 1.82) is 0 Å². The molecule has 0 saturated carbocycles. The number of hydrogen-bond donors (Lipinski definition) is 1. The van der Waals surface area contributed by atoms with Gasteiger partial charge in [0.2, 0.25) is 0 Å². The average molecular weight is 486 g/mol. The zero-order valence-corrected chi connectivity index (χ0v) is 15.6. The largest absolute Gasteiger partial charge is 0.495 e. The summed E-state index contributed by atoms with van der Waals surface area (Å²) in [5, 5.41) is 2.87. The van der Waals surface area contributed by atoms with E-state index in [9.17, 15) is 8.78 Å². The fourth-order valence-corrected chi connectivity index (χ4v) is 3.61. The molecule has 1 N–H and O–H groups in total. The Balaban J connectivity index is 2.26. The predicted molar refractivity (Wildman–Crippen MR) is 89.8 cm³/mol. The maximum absolute atomic E-state index is 13.8. The molecule has 0 unspecified atom stereocenters. The summed E-state index contributed by atoms with van der Waals surface area (Å²) in [5.74, 6) is -0.415. The topological polar surface area (TPSA) is 21.3 Å². The van der Waals surface area contributed by atoms with Gasteiger partial charge in [0, 0.05) is 22.6 Å². The number of methoxy groups -OCH3 is 1. The Labute approximate surface area is 146 Å². The van der Waals surface area contributed by atoms with E-state index in [0.717, 1.165) is 26.6 Å². The molecule has 0 aromatic heterocycles. The van der Waals surface area contributed by atoms with Crippen LogP contribution in [0.15, 0.2) is 37.7 Å². The lowest BCUT2D eigenvalue weighted by Gasteiger charge is -2.13. The van der Waals surface area contributed by atoms with Crippen LogP contribution in [-0.2, 0) is 6.54 Å². The van der Waals surface area contributed by atoms with Crippen LogP contribution in [0.5, 0.6) is 5.75 Å². The lowest BCUT2D eigenvalue weighted by molar-refractivity contribution is 0.407. The molecule has 0 amide bonds. The third-order valence-electron chi connectivity index (χ3n) is 2.77. The molecule has 21 heavy (non-hydrogen) atoms. The summed E-state index contributed by atoms with van der Waals surface area (Å²) in [6.07, 6.45) is 0. The minimum atomic E-state index is -0.531. The summed E-state index contributed by atoms with van der Waals surface area (Å²) in [7, 11) is 1.55. The van der Waals surface area contributed by atoms with Crippen molar-refractivity contribution in [3.8, 4) is 5.75 Å².